The van der Waals surface area contributed by atoms with Crippen molar-refractivity contribution in [3.63, 3.8) is 0 Å². The van der Waals surface area contributed by atoms with Crippen LogP contribution in [0, 0.1) is 0 Å². The molecule has 3 N–H and O–H groups in total. The van der Waals surface area contributed by atoms with E-state index in [1.165, 1.54) is 7.11 Å². The molecular weight excluding hydrogens is 268 g/mol. The lowest BCUT2D eigenvalue weighted by Crippen LogP contribution is -2.51. The van der Waals surface area contributed by atoms with Crippen LogP contribution in [0.25, 0.3) is 0 Å². The van der Waals surface area contributed by atoms with Gasteiger partial charge in [0.15, 0.2) is 6.04 Å². The van der Waals surface area contributed by atoms with Crippen LogP contribution in [0.4, 0.5) is 4.79 Å². The SMILES string of the molecule is CCC(CC)(CNC(=O)NC(COC)C(=O)O)SC. The van der Waals surface area contributed by atoms with E-state index in [0.717, 1.165) is 12.8 Å². The molecule has 1 atom stereocenters. The number of carboxylic acids is 1. The third-order valence-electron chi connectivity index (χ3n) is 3.23. The maximum atomic E-state index is 11.7. The molecular formula is C12H24N2O4S. The number of nitrogens with one attached hydrogen (secondary N) is 2. The van der Waals surface area contributed by atoms with Crippen molar-refractivity contribution in [1.29, 1.82) is 0 Å². The van der Waals surface area contributed by atoms with Crippen molar-refractivity contribution in [2.45, 2.75) is 37.5 Å². The van der Waals surface area contributed by atoms with Gasteiger partial charge in [0.1, 0.15) is 0 Å². The van der Waals surface area contributed by atoms with Gasteiger partial charge in [-0.3, -0.25) is 0 Å². The summed E-state index contributed by atoms with van der Waals surface area (Å²) < 4.78 is 4.74. The molecule has 0 aromatic carbocycles. The number of methoxy groups -OCH3 is 1. The molecule has 0 rings (SSSR count). The van der Waals surface area contributed by atoms with E-state index in [1.807, 2.05) is 6.26 Å². The van der Waals surface area contributed by atoms with Crippen LogP contribution in [-0.4, -0.2) is 54.4 Å². The number of amides is 2. The Morgan fingerprint density at radius 2 is 1.95 bits per heavy atom. The van der Waals surface area contributed by atoms with Crippen LogP contribution >= 0.6 is 11.8 Å². The number of ether oxygens (including phenoxy) is 1. The topological polar surface area (TPSA) is 87.7 Å². The average Bonchev–Trinajstić information content (AvgIpc) is 2.40. The smallest absolute Gasteiger partial charge is 0.328 e. The second-order valence-electron chi connectivity index (χ2n) is 4.27. The van der Waals surface area contributed by atoms with Crippen molar-refractivity contribution in [2.24, 2.45) is 0 Å². The highest BCUT2D eigenvalue weighted by Gasteiger charge is 2.26. The van der Waals surface area contributed by atoms with Gasteiger partial charge in [-0.1, -0.05) is 13.8 Å². The Labute approximate surface area is 118 Å². The van der Waals surface area contributed by atoms with E-state index in [2.05, 4.69) is 24.5 Å². The van der Waals surface area contributed by atoms with Gasteiger partial charge in [-0.15, -0.1) is 0 Å². The van der Waals surface area contributed by atoms with Gasteiger partial charge in [0.2, 0.25) is 0 Å². The number of carboxylic acid groups (broad SMARTS) is 1. The maximum Gasteiger partial charge on any atom is 0.328 e. The van der Waals surface area contributed by atoms with E-state index < -0.39 is 18.0 Å². The van der Waals surface area contributed by atoms with Gasteiger partial charge >= 0.3 is 12.0 Å². The number of urea groups is 1. The molecule has 0 aliphatic rings. The van der Waals surface area contributed by atoms with Crippen LogP contribution in [0.3, 0.4) is 0 Å². The summed E-state index contributed by atoms with van der Waals surface area (Å²) in [6.07, 6.45) is 3.88. The number of carbonyl (C=O) groups is 2. The fourth-order valence-corrected chi connectivity index (χ4v) is 2.45. The summed E-state index contributed by atoms with van der Waals surface area (Å²) in [5.41, 5.74) is 0. The van der Waals surface area contributed by atoms with Crippen molar-refractivity contribution in [1.82, 2.24) is 10.6 Å². The van der Waals surface area contributed by atoms with Crippen molar-refractivity contribution >= 4 is 23.8 Å². The van der Waals surface area contributed by atoms with Crippen LogP contribution < -0.4 is 10.6 Å². The van der Waals surface area contributed by atoms with Crippen LogP contribution in [0.5, 0.6) is 0 Å². The molecule has 0 saturated carbocycles. The summed E-state index contributed by atoms with van der Waals surface area (Å²) in [4.78, 5) is 22.5. The van der Waals surface area contributed by atoms with E-state index in [0.29, 0.717) is 6.54 Å². The molecule has 0 bridgehead atoms. The van der Waals surface area contributed by atoms with Gasteiger partial charge in [-0.05, 0) is 19.1 Å². The maximum absolute atomic E-state index is 11.7. The first-order valence-corrected chi connectivity index (χ1v) is 7.48. The molecule has 0 saturated heterocycles. The van der Waals surface area contributed by atoms with Gasteiger partial charge in [0.05, 0.1) is 6.61 Å². The minimum atomic E-state index is -1.11. The molecule has 112 valence electrons. The van der Waals surface area contributed by atoms with Crippen molar-refractivity contribution in [3.05, 3.63) is 0 Å². The Morgan fingerprint density at radius 1 is 1.37 bits per heavy atom. The van der Waals surface area contributed by atoms with E-state index >= 15 is 0 Å². The van der Waals surface area contributed by atoms with Gasteiger partial charge in [-0.2, -0.15) is 11.8 Å². The van der Waals surface area contributed by atoms with Crippen molar-refractivity contribution < 1.29 is 19.4 Å². The van der Waals surface area contributed by atoms with Crippen LogP contribution in [0.2, 0.25) is 0 Å². The van der Waals surface area contributed by atoms with Gasteiger partial charge in [-0.25, -0.2) is 9.59 Å². The predicted octanol–water partition coefficient (Wildman–Crippen LogP) is 1.31. The summed E-state index contributed by atoms with van der Waals surface area (Å²) in [7, 11) is 1.39. The third kappa shape index (κ3) is 6.15. The van der Waals surface area contributed by atoms with Gasteiger partial charge in [0, 0.05) is 18.4 Å². The molecule has 1 unspecified atom stereocenters. The fourth-order valence-electron chi connectivity index (χ4n) is 1.65. The minimum absolute atomic E-state index is 0.00266. The molecule has 0 aromatic rings. The number of rotatable bonds is 9. The molecule has 0 spiro atoms. The summed E-state index contributed by atoms with van der Waals surface area (Å²) in [5, 5.41) is 14.0. The Kier molecular flexibility index (Phi) is 8.58. The highest BCUT2D eigenvalue weighted by atomic mass is 32.2. The van der Waals surface area contributed by atoms with Crippen LogP contribution in [-0.2, 0) is 9.53 Å². The zero-order valence-electron chi connectivity index (χ0n) is 12.0. The summed E-state index contributed by atoms with van der Waals surface area (Å²) >= 11 is 1.71. The fraction of sp³-hybridized carbons (Fsp3) is 0.833. The molecule has 0 fully saturated rings. The second-order valence-corrected chi connectivity index (χ2v) is 5.54. The highest BCUT2D eigenvalue weighted by Crippen LogP contribution is 2.29. The molecule has 0 radical (unpaired) electrons. The van der Waals surface area contributed by atoms with Crippen molar-refractivity contribution in [3.8, 4) is 0 Å². The number of thioether (sulfide) groups is 1. The first-order valence-electron chi connectivity index (χ1n) is 6.26. The number of aliphatic carboxylic acids is 1. The number of hydrogen-bond donors (Lipinski definition) is 3. The molecule has 0 aliphatic heterocycles. The lowest BCUT2D eigenvalue weighted by molar-refractivity contribution is -0.140. The third-order valence-corrected chi connectivity index (χ3v) is 4.82. The Hall–Kier alpha value is -0.950. The standard InChI is InChI=1S/C12H24N2O4S/c1-5-12(6-2,19-4)8-13-11(17)14-9(7-18-3)10(15)16/h9H,5-8H2,1-4H3,(H,15,16)(H2,13,14,17). The molecule has 0 heterocycles. The normalized spacial score (nSPS) is 12.8. The summed E-state index contributed by atoms with van der Waals surface area (Å²) in [6, 6.07) is -1.51. The zero-order valence-corrected chi connectivity index (χ0v) is 12.8. The zero-order chi connectivity index (χ0) is 14.9. The second kappa shape index (κ2) is 9.03. The van der Waals surface area contributed by atoms with E-state index in [-0.39, 0.29) is 11.4 Å². The molecule has 0 aliphatic carbocycles. The quantitative estimate of drug-likeness (QED) is 0.596. The van der Waals surface area contributed by atoms with E-state index in [4.69, 9.17) is 9.84 Å². The molecule has 19 heavy (non-hydrogen) atoms. The van der Waals surface area contributed by atoms with E-state index in [9.17, 15) is 9.59 Å². The Morgan fingerprint density at radius 3 is 2.32 bits per heavy atom. The summed E-state index contributed by atoms with van der Waals surface area (Å²) in [5.74, 6) is -1.11. The first kappa shape index (κ1) is 18.0. The monoisotopic (exact) mass is 292 g/mol. The van der Waals surface area contributed by atoms with Crippen molar-refractivity contribution in [2.75, 3.05) is 26.5 Å². The molecule has 2 amide bonds. The lowest BCUT2D eigenvalue weighted by atomic mass is 10.0. The molecule has 7 heteroatoms. The van der Waals surface area contributed by atoms with Gasteiger partial charge in [0.25, 0.3) is 0 Å². The van der Waals surface area contributed by atoms with Crippen LogP contribution in [0.1, 0.15) is 26.7 Å². The average molecular weight is 292 g/mol. The molecule has 0 aromatic heterocycles. The number of hydrogen-bond acceptors (Lipinski definition) is 4. The Bertz CT molecular complexity index is 287. The van der Waals surface area contributed by atoms with Crippen LogP contribution in [0.15, 0.2) is 0 Å². The highest BCUT2D eigenvalue weighted by molar-refractivity contribution is 8.00. The van der Waals surface area contributed by atoms with Gasteiger partial charge < -0.3 is 20.5 Å². The molecule has 6 nitrogen and oxygen atoms in total. The lowest BCUT2D eigenvalue weighted by Gasteiger charge is -2.30. The van der Waals surface area contributed by atoms with E-state index in [1.54, 1.807) is 11.8 Å². The predicted molar refractivity (Wildman–Crippen MR) is 76.7 cm³/mol. The minimum Gasteiger partial charge on any atom is -0.480 e. The number of carbonyl (C=O) groups excluding carboxylic acids is 1. The first-order chi connectivity index (χ1) is 8.94. The largest absolute Gasteiger partial charge is 0.480 e. The Balaban J connectivity index is 4.33. The summed E-state index contributed by atoms with van der Waals surface area (Å²) in [6.45, 7) is 4.60.